The van der Waals surface area contributed by atoms with E-state index in [2.05, 4.69) is 5.32 Å². The van der Waals surface area contributed by atoms with Crippen molar-refractivity contribution in [2.45, 2.75) is 6.54 Å². The quantitative estimate of drug-likeness (QED) is 0.871. The van der Waals surface area contributed by atoms with E-state index < -0.39 is 11.7 Å². The summed E-state index contributed by atoms with van der Waals surface area (Å²) in [6.07, 6.45) is 1.38. The molecule has 19 heavy (non-hydrogen) atoms. The number of nitrogens with one attached hydrogen (secondary N) is 1. The number of rotatable bonds is 3. The van der Waals surface area contributed by atoms with Gasteiger partial charge in [-0.2, -0.15) is 0 Å². The first-order valence-electron chi connectivity index (χ1n) is 5.56. The molecule has 0 atom stereocenters. The highest BCUT2D eigenvalue weighted by molar-refractivity contribution is 5.90. The molecular weight excluding hydrogens is 249 g/mol. The Labute approximate surface area is 108 Å². The van der Waals surface area contributed by atoms with E-state index >= 15 is 0 Å². The molecule has 0 aliphatic carbocycles. The van der Waals surface area contributed by atoms with Gasteiger partial charge in [0.2, 0.25) is 5.91 Å². The number of benzene rings is 1. The van der Waals surface area contributed by atoms with E-state index in [1.54, 1.807) is 6.07 Å². The minimum atomic E-state index is -0.445. The molecule has 5 nitrogen and oxygen atoms in total. The van der Waals surface area contributed by atoms with E-state index in [0.717, 1.165) is 0 Å². The van der Waals surface area contributed by atoms with Crippen molar-refractivity contribution >= 4 is 17.3 Å². The van der Waals surface area contributed by atoms with Crippen LogP contribution in [0, 0.1) is 5.82 Å². The molecule has 0 radical (unpaired) electrons. The molecule has 0 saturated heterocycles. The van der Waals surface area contributed by atoms with Crippen LogP contribution < -0.4 is 16.6 Å². The predicted octanol–water partition coefficient (Wildman–Crippen LogP) is 1.21. The number of hydrogen-bond donors (Lipinski definition) is 2. The maximum absolute atomic E-state index is 12.9. The van der Waals surface area contributed by atoms with Gasteiger partial charge in [0.25, 0.3) is 5.56 Å². The molecule has 3 N–H and O–H groups in total. The Morgan fingerprint density at radius 3 is 2.84 bits per heavy atom. The predicted molar refractivity (Wildman–Crippen MR) is 70.1 cm³/mol. The van der Waals surface area contributed by atoms with Crippen molar-refractivity contribution in [2.24, 2.45) is 0 Å². The number of nitrogens with two attached hydrogens (primary N) is 1. The van der Waals surface area contributed by atoms with Crippen LogP contribution in [0.4, 0.5) is 15.8 Å². The number of halogens is 1. The van der Waals surface area contributed by atoms with E-state index in [9.17, 15) is 14.0 Å². The van der Waals surface area contributed by atoms with E-state index in [1.165, 1.54) is 41.1 Å². The van der Waals surface area contributed by atoms with Crippen LogP contribution in [0.15, 0.2) is 47.4 Å². The zero-order valence-corrected chi connectivity index (χ0v) is 9.97. The summed E-state index contributed by atoms with van der Waals surface area (Å²) in [6.45, 7) is -0.180. The van der Waals surface area contributed by atoms with Gasteiger partial charge < -0.3 is 15.6 Å². The number of hydrogen-bond acceptors (Lipinski definition) is 3. The largest absolute Gasteiger partial charge is 0.398 e. The first kappa shape index (κ1) is 12.8. The lowest BCUT2D eigenvalue weighted by Crippen LogP contribution is -2.27. The number of nitrogens with zero attached hydrogens (tertiary/aromatic N) is 1. The normalized spacial score (nSPS) is 10.2. The van der Waals surface area contributed by atoms with Gasteiger partial charge in [-0.15, -0.1) is 0 Å². The van der Waals surface area contributed by atoms with Gasteiger partial charge >= 0.3 is 0 Å². The molecule has 0 bridgehead atoms. The SMILES string of the molecule is Nc1ccc(=O)n(CC(=O)Nc2cccc(F)c2)c1. The molecule has 0 aliphatic rings. The molecule has 0 unspecified atom stereocenters. The summed E-state index contributed by atoms with van der Waals surface area (Å²) in [5, 5.41) is 2.50. The number of pyridine rings is 1. The first-order chi connectivity index (χ1) is 9.04. The number of anilines is 2. The molecule has 1 aromatic heterocycles. The highest BCUT2D eigenvalue weighted by Gasteiger charge is 2.05. The lowest BCUT2D eigenvalue weighted by molar-refractivity contribution is -0.116. The minimum absolute atomic E-state index is 0.180. The van der Waals surface area contributed by atoms with Crippen LogP contribution in [0.1, 0.15) is 0 Å². The van der Waals surface area contributed by atoms with E-state index in [0.29, 0.717) is 11.4 Å². The fourth-order valence-corrected chi connectivity index (χ4v) is 1.59. The highest BCUT2D eigenvalue weighted by Crippen LogP contribution is 2.09. The monoisotopic (exact) mass is 261 g/mol. The van der Waals surface area contributed by atoms with E-state index in [4.69, 9.17) is 5.73 Å². The van der Waals surface area contributed by atoms with Gasteiger partial charge in [0.05, 0.1) is 0 Å². The molecule has 1 heterocycles. The van der Waals surface area contributed by atoms with Crippen molar-refractivity contribution in [1.29, 1.82) is 0 Å². The maximum atomic E-state index is 12.9. The van der Waals surface area contributed by atoms with Gasteiger partial charge in [-0.05, 0) is 24.3 Å². The van der Waals surface area contributed by atoms with Crippen LogP contribution in [0.2, 0.25) is 0 Å². The van der Waals surface area contributed by atoms with Crippen LogP contribution in [-0.2, 0) is 11.3 Å². The van der Waals surface area contributed by atoms with Gasteiger partial charge in [-0.3, -0.25) is 9.59 Å². The van der Waals surface area contributed by atoms with Crippen molar-refractivity contribution in [1.82, 2.24) is 4.57 Å². The summed E-state index contributed by atoms with van der Waals surface area (Å²) >= 11 is 0. The lowest BCUT2D eigenvalue weighted by Gasteiger charge is -2.07. The minimum Gasteiger partial charge on any atom is -0.398 e. The summed E-state index contributed by atoms with van der Waals surface area (Å²) in [5.74, 6) is -0.878. The molecule has 6 heteroatoms. The summed E-state index contributed by atoms with van der Waals surface area (Å²) in [6, 6.07) is 8.26. The molecule has 0 spiro atoms. The zero-order chi connectivity index (χ0) is 13.8. The standard InChI is InChI=1S/C13H12FN3O2/c14-9-2-1-3-11(6-9)16-12(18)8-17-7-10(15)4-5-13(17)19/h1-7H,8,15H2,(H,16,18). The topological polar surface area (TPSA) is 77.1 Å². The summed E-state index contributed by atoms with van der Waals surface area (Å²) in [4.78, 5) is 23.2. The molecule has 2 aromatic rings. The molecule has 2 rings (SSSR count). The zero-order valence-electron chi connectivity index (χ0n) is 9.97. The van der Waals surface area contributed by atoms with Crippen LogP contribution in [0.5, 0.6) is 0 Å². The number of aromatic nitrogens is 1. The van der Waals surface area contributed by atoms with Crippen LogP contribution in [-0.4, -0.2) is 10.5 Å². The van der Waals surface area contributed by atoms with E-state index in [1.807, 2.05) is 0 Å². The van der Waals surface area contributed by atoms with Gasteiger partial charge in [0.15, 0.2) is 0 Å². The maximum Gasteiger partial charge on any atom is 0.251 e. The van der Waals surface area contributed by atoms with Crippen molar-refractivity contribution in [3.63, 3.8) is 0 Å². The number of carbonyl (C=O) groups is 1. The van der Waals surface area contributed by atoms with Crippen molar-refractivity contribution in [3.8, 4) is 0 Å². The average Bonchev–Trinajstić information content (AvgIpc) is 2.34. The third-order valence-electron chi connectivity index (χ3n) is 2.43. The summed E-state index contributed by atoms with van der Waals surface area (Å²) in [7, 11) is 0. The second-order valence-corrected chi connectivity index (χ2v) is 3.99. The summed E-state index contributed by atoms with van der Waals surface area (Å²) < 4.78 is 14.1. The molecule has 0 fully saturated rings. The molecular formula is C13H12FN3O2. The smallest absolute Gasteiger partial charge is 0.251 e. The van der Waals surface area contributed by atoms with Crippen molar-refractivity contribution in [2.75, 3.05) is 11.1 Å². The first-order valence-corrected chi connectivity index (χ1v) is 5.56. The van der Waals surface area contributed by atoms with Crippen molar-refractivity contribution < 1.29 is 9.18 Å². The third-order valence-corrected chi connectivity index (χ3v) is 2.43. The van der Waals surface area contributed by atoms with Gasteiger partial charge in [0, 0.05) is 23.6 Å². The molecule has 1 amide bonds. The number of amides is 1. The molecule has 1 aromatic carbocycles. The Kier molecular flexibility index (Phi) is 3.61. The molecule has 0 aliphatic heterocycles. The molecule has 98 valence electrons. The lowest BCUT2D eigenvalue weighted by atomic mass is 10.3. The Morgan fingerprint density at radius 2 is 2.11 bits per heavy atom. The number of carbonyl (C=O) groups excluding carboxylic acids is 1. The third kappa shape index (κ3) is 3.41. The molecule has 0 saturated carbocycles. The Bertz CT molecular complexity index is 667. The number of nitrogen functional groups attached to an aromatic ring is 1. The second kappa shape index (κ2) is 5.34. The fraction of sp³-hybridized carbons (Fsp3) is 0.0769. The van der Waals surface area contributed by atoms with Crippen LogP contribution >= 0.6 is 0 Å². The highest BCUT2D eigenvalue weighted by atomic mass is 19.1. The van der Waals surface area contributed by atoms with Crippen LogP contribution in [0.3, 0.4) is 0 Å². The Hall–Kier alpha value is -2.63. The van der Waals surface area contributed by atoms with Gasteiger partial charge in [-0.25, -0.2) is 4.39 Å². The fourth-order valence-electron chi connectivity index (χ4n) is 1.59. The average molecular weight is 261 g/mol. The van der Waals surface area contributed by atoms with E-state index in [-0.39, 0.29) is 12.1 Å². The van der Waals surface area contributed by atoms with Crippen LogP contribution in [0.25, 0.3) is 0 Å². The Morgan fingerprint density at radius 1 is 1.32 bits per heavy atom. The second-order valence-electron chi connectivity index (χ2n) is 3.99. The summed E-state index contributed by atoms with van der Waals surface area (Å²) in [5.41, 5.74) is 5.93. The van der Waals surface area contributed by atoms with Gasteiger partial charge in [-0.1, -0.05) is 6.07 Å². The Balaban J connectivity index is 2.09. The van der Waals surface area contributed by atoms with Gasteiger partial charge in [0.1, 0.15) is 12.4 Å². The van der Waals surface area contributed by atoms with Crippen molar-refractivity contribution in [3.05, 3.63) is 58.8 Å².